The summed E-state index contributed by atoms with van der Waals surface area (Å²) in [5.41, 5.74) is 2.54. The Kier molecular flexibility index (Phi) is 5.58. The fraction of sp³-hybridized carbons (Fsp3) is 0.400. The van der Waals surface area contributed by atoms with Crippen LogP contribution in [-0.2, 0) is 4.74 Å². The maximum Gasteiger partial charge on any atom is 0.231 e. The molecule has 1 aliphatic rings. The van der Waals surface area contributed by atoms with Crippen LogP contribution in [0.5, 0.6) is 11.6 Å². The number of hydrogen-bond donors (Lipinski definition) is 4. The van der Waals surface area contributed by atoms with Crippen LogP contribution in [0, 0.1) is 6.92 Å². The Hall–Kier alpha value is -2.76. The second-order valence-corrected chi connectivity index (χ2v) is 7.05. The summed E-state index contributed by atoms with van der Waals surface area (Å²) in [6.45, 7) is 1.18. The van der Waals surface area contributed by atoms with Crippen molar-refractivity contribution in [1.82, 2.24) is 14.4 Å². The summed E-state index contributed by atoms with van der Waals surface area (Å²) in [5, 5.41) is 39.6. The minimum atomic E-state index is -1.53. The molecule has 30 heavy (non-hydrogen) atoms. The SMILES string of the molecule is COc1ccc(-c2cn3c(O[C@@H]4O[C@H](CO)[C@H](O)[C@H](O)[C@H]4O)c(C)nc3cn2)cc1. The minimum absolute atomic E-state index is 0.284. The standard InChI is InChI=1S/C20H23N3O7/c1-10-19(30-20-18(27)17(26)16(25)14(9-24)29-20)23-8-13(21-7-15(23)22-10)11-3-5-12(28-2)6-4-11/h3-8,14,16-18,20,24-27H,9H2,1-2H3/t14-,16+,17+,18-,20+/m1/s1. The Bertz CT molecular complexity index is 1020. The number of ether oxygens (including phenoxy) is 3. The van der Waals surface area contributed by atoms with Crippen LogP contribution in [0.25, 0.3) is 16.9 Å². The van der Waals surface area contributed by atoms with Crippen molar-refractivity contribution >= 4 is 5.65 Å². The van der Waals surface area contributed by atoms with Crippen LogP contribution in [0.2, 0.25) is 0 Å². The molecule has 10 heteroatoms. The lowest BCUT2D eigenvalue weighted by Gasteiger charge is -2.39. The van der Waals surface area contributed by atoms with E-state index in [1.807, 2.05) is 24.3 Å². The molecule has 0 radical (unpaired) electrons. The average Bonchev–Trinajstić information content (AvgIpc) is 3.08. The van der Waals surface area contributed by atoms with E-state index in [0.717, 1.165) is 11.3 Å². The molecule has 3 aromatic rings. The first-order valence-electron chi connectivity index (χ1n) is 9.39. The highest BCUT2D eigenvalue weighted by Gasteiger charge is 2.45. The van der Waals surface area contributed by atoms with Crippen LogP contribution >= 0.6 is 0 Å². The number of aliphatic hydroxyl groups is 4. The van der Waals surface area contributed by atoms with Gasteiger partial charge in [0.2, 0.25) is 12.2 Å². The molecule has 4 rings (SSSR count). The molecule has 4 N–H and O–H groups in total. The largest absolute Gasteiger partial charge is 0.497 e. The zero-order valence-corrected chi connectivity index (χ0v) is 16.4. The minimum Gasteiger partial charge on any atom is -0.497 e. The molecule has 0 aliphatic carbocycles. The van der Waals surface area contributed by atoms with Gasteiger partial charge in [0.05, 0.1) is 25.6 Å². The molecule has 160 valence electrons. The van der Waals surface area contributed by atoms with Gasteiger partial charge in [0, 0.05) is 11.8 Å². The van der Waals surface area contributed by atoms with Gasteiger partial charge in [0.15, 0.2) is 5.65 Å². The van der Waals surface area contributed by atoms with E-state index < -0.39 is 37.3 Å². The van der Waals surface area contributed by atoms with Crippen molar-refractivity contribution < 1.29 is 34.6 Å². The Morgan fingerprint density at radius 2 is 1.83 bits per heavy atom. The van der Waals surface area contributed by atoms with Gasteiger partial charge in [-0.2, -0.15) is 0 Å². The molecule has 5 atom stereocenters. The quantitative estimate of drug-likeness (QED) is 0.448. The highest BCUT2D eigenvalue weighted by atomic mass is 16.7. The average molecular weight is 417 g/mol. The second-order valence-electron chi connectivity index (χ2n) is 7.05. The third-order valence-corrected chi connectivity index (χ3v) is 5.09. The third-order valence-electron chi connectivity index (χ3n) is 5.09. The maximum atomic E-state index is 10.3. The topological polar surface area (TPSA) is 139 Å². The van der Waals surface area contributed by atoms with Crippen LogP contribution in [0.1, 0.15) is 5.69 Å². The lowest BCUT2D eigenvalue weighted by molar-refractivity contribution is -0.278. The van der Waals surface area contributed by atoms with E-state index in [0.29, 0.717) is 17.0 Å². The summed E-state index contributed by atoms with van der Waals surface area (Å²) in [6.07, 6.45) is -3.56. The number of fused-ring (bicyclic) bond motifs is 1. The molecule has 10 nitrogen and oxygen atoms in total. The van der Waals surface area contributed by atoms with Gasteiger partial charge in [-0.3, -0.25) is 9.38 Å². The Morgan fingerprint density at radius 1 is 1.10 bits per heavy atom. The number of hydrogen-bond acceptors (Lipinski definition) is 9. The van der Waals surface area contributed by atoms with E-state index in [2.05, 4.69) is 9.97 Å². The van der Waals surface area contributed by atoms with Gasteiger partial charge in [0.1, 0.15) is 35.9 Å². The molecule has 0 amide bonds. The van der Waals surface area contributed by atoms with Crippen molar-refractivity contribution in [3.8, 4) is 22.9 Å². The summed E-state index contributed by atoms with van der Waals surface area (Å²) in [7, 11) is 1.59. The zero-order valence-electron chi connectivity index (χ0n) is 16.4. The summed E-state index contributed by atoms with van der Waals surface area (Å²) in [4.78, 5) is 8.83. The van der Waals surface area contributed by atoms with E-state index in [9.17, 15) is 20.4 Å². The molecular formula is C20H23N3O7. The van der Waals surface area contributed by atoms with Gasteiger partial charge in [-0.05, 0) is 31.2 Å². The van der Waals surface area contributed by atoms with E-state index >= 15 is 0 Å². The molecule has 2 aromatic heterocycles. The number of imidazole rings is 1. The van der Waals surface area contributed by atoms with Crippen LogP contribution < -0.4 is 9.47 Å². The number of methoxy groups -OCH3 is 1. The predicted molar refractivity (Wildman–Crippen MR) is 104 cm³/mol. The van der Waals surface area contributed by atoms with Crippen LogP contribution in [0.3, 0.4) is 0 Å². The normalized spacial score (nSPS) is 26.7. The number of aryl methyl sites for hydroxylation is 1. The fourth-order valence-electron chi connectivity index (χ4n) is 3.38. The predicted octanol–water partition coefficient (Wildman–Crippen LogP) is -0.108. The van der Waals surface area contributed by atoms with Crippen molar-refractivity contribution in [3.05, 3.63) is 42.4 Å². The molecule has 1 aliphatic heterocycles. The van der Waals surface area contributed by atoms with Crippen LogP contribution in [0.15, 0.2) is 36.7 Å². The Morgan fingerprint density at radius 3 is 2.50 bits per heavy atom. The maximum absolute atomic E-state index is 10.3. The Balaban J connectivity index is 1.67. The lowest BCUT2D eigenvalue weighted by atomic mass is 9.99. The fourth-order valence-corrected chi connectivity index (χ4v) is 3.38. The number of aliphatic hydroxyl groups excluding tert-OH is 4. The molecule has 0 unspecified atom stereocenters. The van der Waals surface area contributed by atoms with E-state index in [4.69, 9.17) is 14.2 Å². The van der Waals surface area contributed by atoms with E-state index in [1.165, 1.54) is 0 Å². The lowest BCUT2D eigenvalue weighted by Crippen LogP contribution is -2.60. The highest BCUT2D eigenvalue weighted by Crippen LogP contribution is 2.29. The van der Waals surface area contributed by atoms with Gasteiger partial charge in [0.25, 0.3) is 0 Å². The van der Waals surface area contributed by atoms with Crippen molar-refractivity contribution in [2.75, 3.05) is 13.7 Å². The zero-order chi connectivity index (χ0) is 21.4. The van der Waals surface area contributed by atoms with Gasteiger partial charge in [-0.15, -0.1) is 0 Å². The monoisotopic (exact) mass is 417 g/mol. The summed E-state index contributed by atoms with van der Waals surface area (Å²) >= 11 is 0. The first-order valence-corrected chi connectivity index (χ1v) is 9.39. The third kappa shape index (κ3) is 3.59. The van der Waals surface area contributed by atoms with Gasteiger partial charge in [-0.1, -0.05) is 0 Å². The summed E-state index contributed by atoms with van der Waals surface area (Å²) < 4.78 is 18.1. The number of nitrogens with zero attached hydrogens (tertiary/aromatic N) is 3. The van der Waals surface area contributed by atoms with E-state index in [1.54, 1.807) is 30.8 Å². The number of benzene rings is 1. The molecular weight excluding hydrogens is 394 g/mol. The molecule has 1 aromatic carbocycles. The van der Waals surface area contributed by atoms with Crippen molar-refractivity contribution in [2.45, 2.75) is 37.6 Å². The first kappa shape index (κ1) is 20.5. The molecule has 1 saturated heterocycles. The molecule has 3 heterocycles. The molecule has 0 bridgehead atoms. The van der Waals surface area contributed by atoms with Crippen molar-refractivity contribution in [1.29, 1.82) is 0 Å². The van der Waals surface area contributed by atoms with Gasteiger partial charge in [-0.25, -0.2) is 4.98 Å². The highest BCUT2D eigenvalue weighted by molar-refractivity contribution is 5.61. The summed E-state index contributed by atoms with van der Waals surface area (Å²) in [5.74, 6) is 1.01. The molecule has 1 fully saturated rings. The van der Waals surface area contributed by atoms with E-state index in [-0.39, 0.29) is 5.88 Å². The van der Waals surface area contributed by atoms with Crippen molar-refractivity contribution in [2.24, 2.45) is 0 Å². The first-order chi connectivity index (χ1) is 14.4. The van der Waals surface area contributed by atoms with Gasteiger partial charge >= 0.3 is 0 Å². The molecule has 0 saturated carbocycles. The smallest absolute Gasteiger partial charge is 0.231 e. The Labute approximate surface area is 171 Å². The number of aromatic nitrogens is 3. The molecule has 0 spiro atoms. The van der Waals surface area contributed by atoms with Gasteiger partial charge < -0.3 is 34.6 Å². The van der Waals surface area contributed by atoms with Crippen molar-refractivity contribution in [3.63, 3.8) is 0 Å². The number of rotatable bonds is 5. The van der Waals surface area contributed by atoms with Crippen LogP contribution in [-0.4, -0.2) is 79.2 Å². The second kappa shape index (κ2) is 8.17. The van der Waals surface area contributed by atoms with Crippen LogP contribution in [0.4, 0.5) is 0 Å². The summed E-state index contributed by atoms with van der Waals surface area (Å²) in [6, 6.07) is 7.39.